The van der Waals surface area contributed by atoms with Crippen LogP contribution in [0.4, 0.5) is 0 Å². The molecule has 1 aromatic heterocycles. The number of Topliss-reactive ketones (excluding diaryl/α,β-unsaturated/α-hetero) is 1. The minimum Gasteiger partial charge on any atom is -0.289 e. The lowest BCUT2D eigenvalue weighted by Gasteiger charge is -2.05. The summed E-state index contributed by atoms with van der Waals surface area (Å²) in [5.41, 5.74) is 2.54. The van der Waals surface area contributed by atoms with Gasteiger partial charge in [0, 0.05) is 18.0 Å². The summed E-state index contributed by atoms with van der Waals surface area (Å²) in [6.45, 7) is 5.80. The predicted molar refractivity (Wildman–Crippen MR) is 57.4 cm³/mol. The number of carbonyl (C=O) groups excluding carboxylic acids is 1. The Balaban J connectivity index is 3.07. The fraction of sp³-hybridized carbons (Fsp3) is 0.333. The first-order valence-electron chi connectivity index (χ1n) is 4.81. The molecular formula is C12H15NO. The van der Waals surface area contributed by atoms with Crippen LogP contribution in [0.25, 0.3) is 0 Å². The van der Waals surface area contributed by atoms with Crippen molar-refractivity contribution in [3.8, 4) is 0 Å². The van der Waals surface area contributed by atoms with E-state index in [0.717, 1.165) is 17.6 Å². The minimum absolute atomic E-state index is 0.0978. The molecule has 2 heteroatoms. The normalized spacial score (nSPS) is 11.5. The lowest BCUT2D eigenvalue weighted by molar-refractivity contribution is 0.103. The van der Waals surface area contributed by atoms with E-state index in [1.165, 1.54) is 0 Å². The first-order chi connectivity index (χ1) is 6.70. The molecule has 1 heterocycles. The van der Waals surface area contributed by atoms with Crippen LogP contribution in [0.15, 0.2) is 30.1 Å². The molecule has 14 heavy (non-hydrogen) atoms. The van der Waals surface area contributed by atoms with E-state index in [2.05, 4.69) is 4.98 Å². The number of nitrogens with zero attached hydrogens (tertiary/aromatic N) is 1. The number of allylic oxidation sites excluding steroid dienone is 2. The molecule has 0 aliphatic rings. The van der Waals surface area contributed by atoms with Crippen molar-refractivity contribution >= 4 is 5.78 Å². The highest BCUT2D eigenvalue weighted by molar-refractivity contribution is 6.09. The zero-order valence-corrected chi connectivity index (χ0v) is 8.87. The Morgan fingerprint density at radius 2 is 2.29 bits per heavy atom. The van der Waals surface area contributed by atoms with Crippen LogP contribution in [0.2, 0.25) is 0 Å². The highest BCUT2D eigenvalue weighted by Gasteiger charge is 2.11. The van der Waals surface area contributed by atoms with Gasteiger partial charge in [-0.05, 0) is 37.5 Å². The third-order valence-corrected chi connectivity index (χ3v) is 2.30. The number of carbonyl (C=O) groups is 1. The van der Waals surface area contributed by atoms with Gasteiger partial charge in [-0.1, -0.05) is 13.0 Å². The molecular weight excluding hydrogens is 174 g/mol. The number of ketones is 1. The van der Waals surface area contributed by atoms with E-state index in [9.17, 15) is 4.79 Å². The van der Waals surface area contributed by atoms with Crippen LogP contribution in [-0.4, -0.2) is 10.8 Å². The molecule has 1 aromatic rings. The number of aromatic nitrogens is 1. The molecule has 0 bridgehead atoms. The Morgan fingerprint density at radius 1 is 1.57 bits per heavy atom. The van der Waals surface area contributed by atoms with Gasteiger partial charge in [-0.2, -0.15) is 0 Å². The van der Waals surface area contributed by atoms with Gasteiger partial charge >= 0.3 is 0 Å². The number of hydrogen-bond acceptors (Lipinski definition) is 2. The molecule has 0 atom stereocenters. The molecule has 0 unspecified atom stereocenters. The average molecular weight is 189 g/mol. The molecule has 0 saturated heterocycles. The molecule has 0 saturated carbocycles. The summed E-state index contributed by atoms with van der Waals surface area (Å²) in [5, 5.41) is 0. The highest BCUT2D eigenvalue weighted by atomic mass is 16.1. The van der Waals surface area contributed by atoms with Gasteiger partial charge in [-0.15, -0.1) is 0 Å². The van der Waals surface area contributed by atoms with Crippen molar-refractivity contribution in [3.05, 3.63) is 41.2 Å². The van der Waals surface area contributed by atoms with Gasteiger partial charge in [0.2, 0.25) is 0 Å². The molecule has 0 fully saturated rings. The molecule has 74 valence electrons. The van der Waals surface area contributed by atoms with Crippen LogP contribution < -0.4 is 0 Å². The maximum absolute atomic E-state index is 11.9. The Kier molecular flexibility index (Phi) is 3.57. The van der Waals surface area contributed by atoms with Crippen LogP contribution in [0.5, 0.6) is 0 Å². The summed E-state index contributed by atoms with van der Waals surface area (Å²) in [4.78, 5) is 15.9. The Labute approximate surface area is 84.7 Å². The Bertz CT molecular complexity index is 366. The van der Waals surface area contributed by atoms with Crippen molar-refractivity contribution < 1.29 is 4.79 Å². The summed E-state index contributed by atoms with van der Waals surface area (Å²) in [5.74, 6) is 0.0978. The zero-order chi connectivity index (χ0) is 10.6. The molecule has 0 aliphatic carbocycles. The summed E-state index contributed by atoms with van der Waals surface area (Å²) >= 11 is 0. The number of pyridine rings is 1. The Morgan fingerprint density at radius 3 is 2.79 bits per heavy atom. The highest BCUT2D eigenvalue weighted by Crippen LogP contribution is 2.13. The predicted octanol–water partition coefficient (Wildman–Crippen LogP) is 2.93. The maximum Gasteiger partial charge on any atom is 0.190 e. The molecule has 0 aromatic carbocycles. The monoisotopic (exact) mass is 189 g/mol. The molecule has 0 aliphatic heterocycles. The first-order valence-corrected chi connectivity index (χ1v) is 4.81. The summed E-state index contributed by atoms with van der Waals surface area (Å²) < 4.78 is 0. The third-order valence-electron chi connectivity index (χ3n) is 2.30. The second-order valence-electron chi connectivity index (χ2n) is 3.19. The van der Waals surface area contributed by atoms with Crippen molar-refractivity contribution in [1.29, 1.82) is 0 Å². The summed E-state index contributed by atoms with van der Waals surface area (Å²) in [6.07, 6.45) is 5.97. The molecule has 0 amide bonds. The van der Waals surface area contributed by atoms with Gasteiger partial charge in [0.1, 0.15) is 0 Å². The lowest BCUT2D eigenvalue weighted by atomic mass is 9.99. The molecule has 2 nitrogen and oxygen atoms in total. The van der Waals surface area contributed by atoms with Crippen LogP contribution in [0.3, 0.4) is 0 Å². The summed E-state index contributed by atoms with van der Waals surface area (Å²) in [6, 6.07) is 1.86. The van der Waals surface area contributed by atoms with Crippen molar-refractivity contribution in [3.63, 3.8) is 0 Å². The van der Waals surface area contributed by atoms with Crippen LogP contribution in [0.1, 0.15) is 36.2 Å². The fourth-order valence-corrected chi connectivity index (χ4v) is 1.37. The minimum atomic E-state index is 0.0978. The zero-order valence-electron chi connectivity index (χ0n) is 8.87. The molecule has 0 radical (unpaired) electrons. The lowest BCUT2D eigenvalue weighted by Crippen LogP contribution is -2.05. The van der Waals surface area contributed by atoms with E-state index < -0.39 is 0 Å². The van der Waals surface area contributed by atoms with E-state index in [-0.39, 0.29) is 5.78 Å². The molecule has 1 rings (SSSR count). The number of aryl methyl sites for hydroxylation is 1. The smallest absolute Gasteiger partial charge is 0.190 e. The van der Waals surface area contributed by atoms with E-state index in [0.29, 0.717) is 5.56 Å². The quantitative estimate of drug-likeness (QED) is 0.540. The fourth-order valence-electron chi connectivity index (χ4n) is 1.37. The van der Waals surface area contributed by atoms with Gasteiger partial charge in [0.25, 0.3) is 0 Å². The van der Waals surface area contributed by atoms with Crippen LogP contribution >= 0.6 is 0 Å². The van der Waals surface area contributed by atoms with Gasteiger partial charge < -0.3 is 0 Å². The van der Waals surface area contributed by atoms with Crippen molar-refractivity contribution in [1.82, 2.24) is 4.98 Å². The average Bonchev–Trinajstić information content (AvgIpc) is 2.20. The maximum atomic E-state index is 11.9. The second kappa shape index (κ2) is 4.70. The van der Waals surface area contributed by atoms with Crippen molar-refractivity contribution in [2.24, 2.45) is 0 Å². The van der Waals surface area contributed by atoms with E-state index in [1.807, 2.05) is 32.9 Å². The van der Waals surface area contributed by atoms with E-state index in [4.69, 9.17) is 0 Å². The largest absolute Gasteiger partial charge is 0.289 e. The second-order valence-corrected chi connectivity index (χ2v) is 3.19. The number of hydrogen-bond donors (Lipinski definition) is 0. The third kappa shape index (κ3) is 2.08. The number of rotatable bonds is 3. The van der Waals surface area contributed by atoms with Crippen LogP contribution in [-0.2, 0) is 0 Å². The van der Waals surface area contributed by atoms with E-state index >= 15 is 0 Å². The topological polar surface area (TPSA) is 30.0 Å². The standard InChI is InChI=1S/C12H15NO/c1-4-10(5-2)12(14)11-8-13-7-6-9(11)3/h4,6-8H,5H2,1-3H3/b10-4-. The van der Waals surface area contributed by atoms with Gasteiger partial charge in [0.05, 0.1) is 0 Å². The Hall–Kier alpha value is -1.44. The van der Waals surface area contributed by atoms with Crippen molar-refractivity contribution in [2.45, 2.75) is 27.2 Å². The molecule has 0 N–H and O–H groups in total. The van der Waals surface area contributed by atoms with Gasteiger partial charge in [-0.3, -0.25) is 9.78 Å². The van der Waals surface area contributed by atoms with Gasteiger partial charge in [0.15, 0.2) is 5.78 Å². The summed E-state index contributed by atoms with van der Waals surface area (Å²) in [7, 11) is 0. The van der Waals surface area contributed by atoms with Crippen LogP contribution in [0, 0.1) is 6.92 Å². The van der Waals surface area contributed by atoms with Crippen molar-refractivity contribution in [2.75, 3.05) is 0 Å². The molecule has 0 spiro atoms. The SMILES string of the molecule is C/C=C(/CC)C(=O)c1cnccc1C. The van der Waals surface area contributed by atoms with Gasteiger partial charge in [-0.25, -0.2) is 0 Å². The first kappa shape index (κ1) is 10.6. The van der Waals surface area contributed by atoms with E-state index in [1.54, 1.807) is 12.4 Å².